The SMILES string of the molecule is Cc1cccc(C)c1-n1c(-c2[c-]c(Oc3[c-]c(-n4c5ccccc5c5cccnc54)ccc3)ccc2)nc2c1-c1ccccc1-c1ccccc1-c1ccccc1-2.[Pt+2]. The quantitative estimate of drug-likeness (QED) is 0.162. The molecule has 278 valence electrons. The number of nitrogens with zero attached hydrogens (tertiary/aromatic N) is 4. The first-order valence-electron chi connectivity index (χ1n) is 19.2. The summed E-state index contributed by atoms with van der Waals surface area (Å²) in [6, 6.07) is 64.1. The van der Waals surface area contributed by atoms with Gasteiger partial charge in [0.2, 0.25) is 0 Å². The molecule has 6 heteroatoms. The molecule has 1 aliphatic carbocycles. The molecule has 0 saturated heterocycles. The van der Waals surface area contributed by atoms with Gasteiger partial charge >= 0.3 is 21.1 Å². The van der Waals surface area contributed by atoms with Crippen LogP contribution in [0.4, 0.5) is 0 Å². The van der Waals surface area contributed by atoms with E-state index in [9.17, 15) is 0 Å². The molecule has 10 aromatic rings. The van der Waals surface area contributed by atoms with Gasteiger partial charge in [0.05, 0.1) is 22.7 Å². The molecular formula is C52H34N4OPt. The first-order valence-corrected chi connectivity index (χ1v) is 19.2. The van der Waals surface area contributed by atoms with Gasteiger partial charge in [0, 0.05) is 45.3 Å². The van der Waals surface area contributed by atoms with Crippen LogP contribution in [0.25, 0.3) is 89.5 Å². The van der Waals surface area contributed by atoms with Gasteiger partial charge in [-0.05, 0) is 65.4 Å². The van der Waals surface area contributed by atoms with Crippen molar-refractivity contribution in [2.75, 3.05) is 0 Å². The Morgan fingerprint density at radius 3 is 1.81 bits per heavy atom. The van der Waals surface area contributed by atoms with Gasteiger partial charge in [-0.15, -0.1) is 42.0 Å². The number of ether oxygens (including phenoxy) is 1. The van der Waals surface area contributed by atoms with E-state index in [1.54, 1.807) is 0 Å². The standard InChI is InChI=1S/C52H34N4O.Pt/c1-33-15-11-16-34(2)49(33)56-50-45-27-8-6-24-42(45)40-22-4-3-21-39(40)41-23-5-7-26-44(41)48(50)54-51(56)35-17-12-19-37(31-35)57-38-20-13-18-36(32-38)55-47-29-10-9-25-43(47)46-28-14-30-53-52(46)55;/h3-30H,1-2H3;/q-2;+2. The molecule has 0 bridgehead atoms. The summed E-state index contributed by atoms with van der Waals surface area (Å²) >= 11 is 0. The van der Waals surface area contributed by atoms with Crippen LogP contribution >= 0.6 is 0 Å². The summed E-state index contributed by atoms with van der Waals surface area (Å²) in [6.07, 6.45) is 1.83. The third-order valence-corrected chi connectivity index (χ3v) is 11.1. The van der Waals surface area contributed by atoms with Crippen molar-refractivity contribution in [3.05, 3.63) is 193 Å². The van der Waals surface area contributed by atoms with Crippen molar-refractivity contribution < 1.29 is 25.8 Å². The van der Waals surface area contributed by atoms with Crippen molar-refractivity contribution in [3.8, 4) is 79.0 Å². The van der Waals surface area contributed by atoms with E-state index >= 15 is 0 Å². The summed E-state index contributed by atoms with van der Waals surface area (Å²) in [5.41, 5.74) is 15.9. The molecule has 1 aliphatic rings. The number of hydrogen-bond donors (Lipinski definition) is 0. The van der Waals surface area contributed by atoms with Gasteiger partial charge in [0.25, 0.3) is 0 Å². The van der Waals surface area contributed by atoms with E-state index in [0.717, 1.165) is 89.5 Å². The number of aryl methyl sites for hydroxylation is 2. The maximum Gasteiger partial charge on any atom is 2.00 e. The van der Waals surface area contributed by atoms with E-state index in [1.807, 2.05) is 42.6 Å². The Hall–Kier alpha value is -6.81. The predicted octanol–water partition coefficient (Wildman–Crippen LogP) is 13.0. The normalized spacial score (nSPS) is 11.5. The number of pyridine rings is 1. The minimum Gasteiger partial charge on any atom is -0.503 e. The Morgan fingerprint density at radius 1 is 0.500 bits per heavy atom. The van der Waals surface area contributed by atoms with E-state index in [1.165, 1.54) is 11.1 Å². The number of hydrogen-bond acceptors (Lipinski definition) is 3. The van der Waals surface area contributed by atoms with Gasteiger partial charge in [-0.2, -0.15) is 6.07 Å². The Balaban J connectivity index is 0.00000408. The van der Waals surface area contributed by atoms with E-state index in [0.29, 0.717) is 11.5 Å². The maximum absolute atomic E-state index is 6.61. The van der Waals surface area contributed by atoms with Crippen LogP contribution in [-0.4, -0.2) is 19.1 Å². The zero-order valence-corrected chi connectivity index (χ0v) is 34.0. The third-order valence-electron chi connectivity index (χ3n) is 11.1. The fraction of sp³-hybridized carbons (Fsp3) is 0.0385. The summed E-state index contributed by atoms with van der Waals surface area (Å²) in [5.74, 6) is 1.93. The van der Waals surface area contributed by atoms with Crippen molar-refractivity contribution in [1.29, 1.82) is 0 Å². The van der Waals surface area contributed by atoms with E-state index < -0.39 is 0 Å². The van der Waals surface area contributed by atoms with Crippen molar-refractivity contribution >= 4 is 21.9 Å². The van der Waals surface area contributed by atoms with Crippen LogP contribution < -0.4 is 4.74 Å². The fourth-order valence-electron chi connectivity index (χ4n) is 8.64. The molecule has 7 aromatic carbocycles. The Labute approximate surface area is 351 Å². The van der Waals surface area contributed by atoms with Crippen LogP contribution in [0.15, 0.2) is 170 Å². The van der Waals surface area contributed by atoms with E-state index in [2.05, 4.69) is 163 Å². The predicted molar refractivity (Wildman–Crippen MR) is 230 cm³/mol. The Morgan fingerprint density at radius 2 is 1.07 bits per heavy atom. The number of benzene rings is 7. The summed E-state index contributed by atoms with van der Waals surface area (Å²) in [4.78, 5) is 10.4. The van der Waals surface area contributed by atoms with E-state index in [4.69, 9.17) is 14.7 Å². The largest absolute Gasteiger partial charge is 2.00 e. The fourth-order valence-corrected chi connectivity index (χ4v) is 8.64. The molecule has 5 nitrogen and oxygen atoms in total. The molecular weight excluding hydrogens is 892 g/mol. The van der Waals surface area contributed by atoms with Gasteiger partial charge in [-0.3, -0.25) is 4.98 Å². The van der Waals surface area contributed by atoms with Gasteiger partial charge in [0.15, 0.2) is 0 Å². The molecule has 0 spiro atoms. The zero-order valence-electron chi connectivity index (χ0n) is 31.7. The van der Waals surface area contributed by atoms with Crippen LogP contribution in [0, 0.1) is 26.0 Å². The molecule has 3 aromatic heterocycles. The number of imidazole rings is 1. The second-order valence-corrected chi connectivity index (χ2v) is 14.5. The molecule has 3 heterocycles. The van der Waals surface area contributed by atoms with Crippen LogP contribution in [-0.2, 0) is 21.1 Å². The molecule has 11 rings (SSSR count). The van der Waals surface area contributed by atoms with Crippen molar-refractivity contribution in [3.63, 3.8) is 0 Å². The van der Waals surface area contributed by atoms with Gasteiger partial charge in [-0.25, -0.2) is 4.98 Å². The number of aromatic nitrogens is 4. The topological polar surface area (TPSA) is 44.9 Å². The smallest absolute Gasteiger partial charge is 0.503 e. The van der Waals surface area contributed by atoms with Crippen molar-refractivity contribution in [1.82, 2.24) is 19.1 Å². The molecule has 0 unspecified atom stereocenters. The average molecular weight is 926 g/mol. The number of rotatable bonds is 5. The van der Waals surface area contributed by atoms with Gasteiger partial charge < -0.3 is 13.9 Å². The van der Waals surface area contributed by atoms with Crippen LogP contribution in [0.1, 0.15) is 11.1 Å². The maximum atomic E-state index is 6.61. The molecule has 0 N–H and O–H groups in total. The Kier molecular flexibility index (Phi) is 8.77. The zero-order chi connectivity index (χ0) is 38.0. The number of fused-ring (bicyclic) bond motifs is 11. The van der Waals surface area contributed by atoms with Gasteiger partial charge in [-0.1, -0.05) is 121 Å². The summed E-state index contributed by atoms with van der Waals surface area (Å²) in [6.45, 7) is 4.35. The summed E-state index contributed by atoms with van der Waals surface area (Å²) < 4.78 is 11.1. The average Bonchev–Trinajstić information content (AvgIpc) is 3.80. The molecule has 0 aliphatic heterocycles. The minimum atomic E-state index is 0. The van der Waals surface area contributed by atoms with E-state index in [-0.39, 0.29) is 21.1 Å². The Bertz CT molecular complexity index is 3140. The van der Waals surface area contributed by atoms with Crippen LogP contribution in [0.3, 0.4) is 0 Å². The first-order chi connectivity index (χ1) is 28.1. The van der Waals surface area contributed by atoms with Crippen molar-refractivity contribution in [2.45, 2.75) is 13.8 Å². The first kappa shape index (κ1) is 35.6. The molecule has 0 amide bonds. The summed E-state index contributed by atoms with van der Waals surface area (Å²) in [5, 5.41) is 2.24. The second-order valence-electron chi connectivity index (χ2n) is 14.5. The molecule has 58 heavy (non-hydrogen) atoms. The molecule has 0 fully saturated rings. The van der Waals surface area contributed by atoms with Gasteiger partial charge in [0.1, 0.15) is 5.65 Å². The minimum absolute atomic E-state index is 0. The summed E-state index contributed by atoms with van der Waals surface area (Å²) in [7, 11) is 0. The monoisotopic (exact) mass is 925 g/mol. The van der Waals surface area contributed by atoms with Crippen LogP contribution in [0.2, 0.25) is 0 Å². The molecule has 0 saturated carbocycles. The number of para-hydroxylation sites is 2. The molecule has 0 radical (unpaired) electrons. The third kappa shape index (κ3) is 5.65. The van der Waals surface area contributed by atoms with Crippen molar-refractivity contribution in [2.24, 2.45) is 0 Å². The van der Waals surface area contributed by atoms with Crippen LogP contribution in [0.5, 0.6) is 11.5 Å². The molecule has 0 atom stereocenters. The second kappa shape index (κ2) is 14.3.